The number of hydrogen-bond acceptors (Lipinski definition) is 7. The van der Waals surface area contributed by atoms with Gasteiger partial charge in [-0.2, -0.15) is 10.4 Å². The van der Waals surface area contributed by atoms with Crippen LogP contribution in [0.15, 0.2) is 48.8 Å². The Kier molecular flexibility index (Phi) is 5.49. The Hall–Kier alpha value is -4.45. The zero-order chi connectivity index (χ0) is 24.6. The van der Waals surface area contributed by atoms with Gasteiger partial charge in [0.25, 0.3) is 0 Å². The number of carbonyl (C=O) groups excluding carboxylic acids is 1. The van der Waals surface area contributed by atoms with Gasteiger partial charge < -0.3 is 15.5 Å². The predicted octanol–water partition coefficient (Wildman–Crippen LogP) is 3.30. The molecule has 0 spiro atoms. The number of amides is 1. The van der Waals surface area contributed by atoms with Crippen LogP contribution < -0.4 is 10.6 Å². The summed E-state index contributed by atoms with van der Waals surface area (Å²) < 4.78 is 1.92. The molecule has 9 heteroatoms. The van der Waals surface area contributed by atoms with E-state index in [2.05, 4.69) is 51.3 Å². The van der Waals surface area contributed by atoms with E-state index in [0.29, 0.717) is 18.0 Å². The van der Waals surface area contributed by atoms with Gasteiger partial charge in [-0.15, -0.1) is 0 Å². The van der Waals surface area contributed by atoms with E-state index in [1.165, 1.54) is 11.9 Å². The number of carbonyl (C=O) groups is 1. The third kappa shape index (κ3) is 3.71. The first kappa shape index (κ1) is 22.0. The highest BCUT2D eigenvalue weighted by molar-refractivity contribution is 5.98. The Balaban J connectivity index is 1.31. The number of nitriles is 1. The number of anilines is 2. The molecule has 4 heterocycles. The Bertz CT molecular complexity index is 1490. The lowest BCUT2D eigenvalue weighted by molar-refractivity contribution is -0.119. The van der Waals surface area contributed by atoms with E-state index in [1.54, 1.807) is 4.90 Å². The van der Waals surface area contributed by atoms with Gasteiger partial charge in [-0.25, -0.2) is 14.6 Å². The number of nitrogen functional groups attached to an aromatic ring is 1. The Morgan fingerprint density at radius 3 is 2.81 bits per heavy atom. The molecular weight excluding hydrogens is 452 g/mol. The Morgan fingerprint density at radius 2 is 2.00 bits per heavy atom. The molecule has 0 bridgehead atoms. The average molecular weight is 479 g/mol. The molecule has 0 saturated carbocycles. The molecular formula is C27H26N8O. The molecule has 2 N–H and O–H groups in total. The second-order valence-electron chi connectivity index (χ2n) is 9.43. The maximum atomic E-state index is 11.4. The Morgan fingerprint density at radius 1 is 1.14 bits per heavy atom. The first-order valence-corrected chi connectivity index (χ1v) is 12.2. The molecule has 2 aliphatic heterocycles. The smallest absolute Gasteiger partial charge is 0.209 e. The number of benzene rings is 2. The second kappa shape index (κ2) is 8.96. The van der Waals surface area contributed by atoms with Crippen molar-refractivity contribution in [3.05, 3.63) is 65.5 Å². The number of rotatable bonds is 5. The van der Waals surface area contributed by atoms with Gasteiger partial charge in [0.2, 0.25) is 6.41 Å². The third-order valence-electron chi connectivity index (χ3n) is 7.29. The lowest BCUT2D eigenvalue weighted by Gasteiger charge is -2.30. The predicted molar refractivity (Wildman–Crippen MR) is 137 cm³/mol. The van der Waals surface area contributed by atoms with E-state index in [0.717, 1.165) is 78.8 Å². The standard InChI is InChI=1S/C27H26N8O/c28-13-20-3-1-5-23-22(20)10-12-34(23)14-18-6-8-19(9-7-18)25-24-26(29)30-16-31-27(24)35(32-25)21-4-2-11-33(15-21)17-36/h1,3,5-9,16-17,21H,2,4,10-12,14-15H2,(H2,29,30,31). The molecule has 1 atom stereocenters. The molecule has 36 heavy (non-hydrogen) atoms. The highest BCUT2D eigenvalue weighted by Gasteiger charge is 2.26. The zero-order valence-corrected chi connectivity index (χ0v) is 19.8. The van der Waals surface area contributed by atoms with E-state index in [4.69, 9.17) is 10.8 Å². The van der Waals surface area contributed by atoms with Gasteiger partial charge in [0, 0.05) is 37.4 Å². The van der Waals surface area contributed by atoms with Crippen LogP contribution in [0.4, 0.5) is 11.5 Å². The third-order valence-corrected chi connectivity index (χ3v) is 7.29. The van der Waals surface area contributed by atoms with Gasteiger partial charge in [0.05, 0.1) is 23.1 Å². The topological polar surface area (TPSA) is 117 Å². The summed E-state index contributed by atoms with van der Waals surface area (Å²) in [6.07, 6.45) is 5.11. The molecule has 6 rings (SSSR count). The molecule has 0 radical (unpaired) electrons. The summed E-state index contributed by atoms with van der Waals surface area (Å²) in [6, 6.07) is 16.6. The summed E-state index contributed by atoms with van der Waals surface area (Å²) in [7, 11) is 0. The summed E-state index contributed by atoms with van der Waals surface area (Å²) in [5, 5.41) is 15.1. The quantitative estimate of drug-likeness (QED) is 0.437. The first-order chi connectivity index (χ1) is 17.7. The molecule has 1 fully saturated rings. The van der Waals surface area contributed by atoms with Crippen LogP contribution in [0.25, 0.3) is 22.3 Å². The van der Waals surface area contributed by atoms with Gasteiger partial charge in [-0.1, -0.05) is 30.3 Å². The van der Waals surface area contributed by atoms with Crippen LogP contribution >= 0.6 is 0 Å². The summed E-state index contributed by atoms with van der Waals surface area (Å²) in [4.78, 5) is 24.2. The van der Waals surface area contributed by atoms with Gasteiger partial charge >= 0.3 is 0 Å². The number of aromatic nitrogens is 4. The molecule has 180 valence electrons. The molecule has 0 aliphatic carbocycles. The van der Waals surface area contributed by atoms with E-state index < -0.39 is 0 Å². The van der Waals surface area contributed by atoms with Crippen molar-refractivity contribution < 1.29 is 4.79 Å². The minimum Gasteiger partial charge on any atom is -0.383 e. The molecule has 2 aromatic heterocycles. The minimum absolute atomic E-state index is 0.0438. The van der Waals surface area contributed by atoms with Crippen LogP contribution in [-0.2, 0) is 17.8 Å². The number of nitrogens with zero attached hydrogens (tertiary/aromatic N) is 7. The van der Waals surface area contributed by atoms with E-state index in [-0.39, 0.29) is 6.04 Å². The summed E-state index contributed by atoms with van der Waals surface area (Å²) in [5.41, 5.74) is 12.9. The molecule has 1 saturated heterocycles. The zero-order valence-electron chi connectivity index (χ0n) is 19.8. The lowest BCUT2D eigenvalue weighted by atomic mass is 10.1. The SMILES string of the molecule is N#Cc1cccc2c1CCN2Cc1ccc(-c2nn(C3CCCN(C=O)C3)c3ncnc(N)c23)cc1. The van der Waals surface area contributed by atoms with Gasteiger partial charge in [-0.3, -0.25) is 4.79 Å². The number of likely N-dealkylation sites (tertiary alicyclic amines) is 1. The number of nitrogens with two attached hydrogens (primary N) is 1. The molecule has 2 aromatic carbocycles. The normalized spacial score (nSPS) is 17.2. The summed E-state index contributed by atoms with van der Waals surface area (Å²) in [6.45, 7) is 3.04. The van der Waals surface area contributed by atoms with Crippen molar-refractivity contribution in [2.45, 2.75) is 31.8 Å². The summed E-state index contributed by atoms with van der Waals surface area (Å²) in [5.74, 6) is 0.398. The molecule has 2 aliphatic rings. The van der Waals surface area contributed by atoms with Crippen LogP contribution in [0.5, 0.6) is 0 Å². The fourth-order valence-corrected chi connectivity index (χ4v) is 5.49. The second-order valence-corrected chi connectivity index (χ2v) is 9.43. The first-order valence-electron chi connectivity index (χ1n) is 12.2. The van der Waals surface area contributed by atoms with E-state index in [9.17, 15) is 10.1 Å². The van der Waals surface area contributed by atoms with E-state index in [1.807, 2.05) is 16.8 Å². The lowest BCUT2D eigenvalue weighted by Crippen LogP contribution is -2.36. The fraction of sp³-hybridized carbons (Fsp3) is 0.296. The highest BCUT2D eigenvalue weighted by Crippen LogP contribution is 2.35. The van der Waals surface area contributed by atoms with Crippen molar-refractivity contribution in [1.29, 1.82) is 5.26 Å². The fourth-order valence-electron chi connectivity index (χ4n) is 5.49. The Labute approximate surface area is 208 Å². The van der Waals surface area contributed by atoms with Crippen LogP contribution in [-0.4, -0.2) is 50.7 Å². The number of piperidine rings is 1. The van der Waals surface area contributed by atoms with Gasteiger partial charge in [0.1, 0.15) is 17.8 Å². The van der Waals surface area contributed by atoms with Crippen LogP contribution in [0.1, 0.15) is 35.6 Å². The monoisotopic (exact) mass is 478 g/mol. The van der Waals surface area contributed by atoms with Crippen molar-refractivity contribution in [1.82, 2.24) is 24.6 Å². The van der Waals surface area contributed by atoms with Crippen LogP contribution in [0, 0.1) is 11.3 Å². The van der Waals surface area contributed by atoms with E-state index >= 15 is 0 Å². The number of fused-ring (bicyclic) bond motifs is 2. The maximum Gasteiger partial charge on any atom is 0.209 e. The molecule has 4 aromatic rings. The maximum absolute atomic E-state index is 11.4. The largest absolute Gasteiger partial charge is 0.383 e. The minimum atomic E-state index is 0.0438. The molecule has 1 unspecified atom stereocenters. The number of hydrogen-bond donors (Lipinski definition) is 1. The van der Waals surface area contributed by atoms with Crippen molar-refractivity contribution in [3.63, 3.8) is 0 Å². The highest BCUT2D eigenvalue weighted by atomic mass is 16.1. The average Bonchev–Trinajstić information content (AvgIpc) is 3.52. The van der Waals surface area contributed by atoms with Gasteiger partial charge in [-0.05, 0) is 42.5 Å². The molecule has 9 nitrogen and oxygen atoms in total. The van der Waals surface area contributed by atoms with Crippen molar-refractivity contribution in [2.75, 3.05) is 30.3 Å². The van der Waals surface area contributed by atoms with Crippen LogP contribution in [0.3, 0.4) is 0 Å². The van der Waals surface area contributed by atoms with Crippen LogP contribution in [0.2, 0.25) is 0 Å². The summed E-state index contributed by atoms with van der Waals surface area (Å²) >= 11 is 0. The van der Waals surface area contributed by atoms with Crippen molar-refractivity contribution >= 4 is 28.9 Å². The van der Waals surface area contributed by atoms with Crippen molar-refractivity contribution in [3.8, 4) is 17.3 Å². The molecule has 1 amide bonds. The van der Waals surface area contributed by atoms with Crippen molar-refractivity contribution in [2.24, 2.45) is 0 Å². The van der Waals surface area contributed by atoms with Gasteiger partial charge in [0.15, 0.2) is 5.65 Å².